The Hall–Kier alpha value is -2.64. The molecule has 0 radical (unpaired) electrons. The van der Waals surface area contributed by atoms with Gasteiger partial charge in [0.1, 0.15) is 5.69 Å². The number of amides is 1. The van der Waals surface area contributed by atoms with Crippen LogP contribution in [0.15, 0.2) is 42.5 Å². The summed E-state index contributed by atoms with van der Waals surface area (Å²) in [6.07, 6.45) is 0. The number of carbonyl (C=O) groups excluding carboxylic acids is 2. The first-order chi connectivity index (χ1) is 11.4. The number of nitrogens with one attached hydrogen (secondary N) is 1. The third-order valence-electron chi connectivity index (χ3n) is 2.86. The summed E-state index contributed by atoms with van der Waals surface area (Å²) in [4.78, 5) is 33.9. The summed E-state index contributed by atoms with van der Waals surface area (Å²) in [6, 6.07) is 9.91. The largest absolute Gasteiger partial charge is 0.452 e. The summed E-state index contributed by atoms with van der Waals surface area (Å²) in [5.74, 6) is -1.53. The first kappa shape index (κ1) is 17.7. The van der Waals surface area contributed by atoms with Gasteiger partial charge < -0.3 is 10.1 Å². The van der Waals surface area contributed by atoms with E-state index >= 15 is 0 Å². The van der Waals surface area contributed by atoms with Crippen molar-refractivity contribution in [2.45, 2.75) is 0 Å². The smallest absolute Gasteiger partial charge is 0.340 e. The summed E-state index contributed by atoms with van der Waals surface area (Å²) in [5, 5.41) is 13.6. The molecule has 0 saturated heterocycles. The Labute approximate surface area is 146 Å². The number of esters is 1. The molecule has 1 N–H and O–H groups in total. The molecule has 0 bridgehead atoms. The van der Waals surface area contributed by atoms with Gasteiger partial charge >= 0.3 is 5.97 Å². The maximum atomic E-state index is 11.8. The predicted octanol–water partition coefficient (Wildman–Crippen LogP) is 3.70. The Morgan fingerprint density at radius 2 is 1.88 bits per heavy atom. The molecule has 0 aliphatic carbocycles. The number of hydrogen-bond acceptors (Lipinski definition) is 5. The summed E-state index contributed by atoms with van der Waals surface area (Å²) in [6.45, 7) is -0.631. The molecule has 2 aromatic carbocycles. The molecule has 7 nitrogen and oxygen atoms in total. The van der Waals surface area contributed by atoms with E-state index in [1.165, 1.54) is 24.3 Å². The Bertz CT molecular complexity index is 810. The van der Waals surface area contributed by atoms with Gasteiger partial charge in [-0.25, -0.2) is 4.79 Å². The van der Waals surface area contributed by atoms with Crippen molar-refractivity contribution in [1.29, 1.82) is 0 Å². The van der Waals surface area contributed by atoms with Crippen LogP contribution in [-0.4, -0.2) is 23.4 Å². The van der Waals surface area contributed by atoms with Crippen molar-refractivity contribution in [3.8, 4) is 0 Å². The zero-order chi connectivity index (χ0) is 17.7. The van der Waals surface area contributed by atoms with E-state index < -0.39 is 23.4 Å². The average Bonchev–Trinajstić information content (AvgIpc) is 2.53. The number of ether oxygens (including phenoxy) is 1. The number of benzene rings is 2. The molecule has 9 heteroatoms. The van der Waals surface area contributed by atoms with E-state index in [4.69, 9.17) is 27.9 Å². The van der Waals surface area contributed by atoms with Crippen molar-refractivity contribution in [3.05, 3.63) is 68.2 Å². The van der Waals surface area contributed by atoms with Crippen molar-refractivity contribution in [1.82, 2.24) is 0 Å². The highest BCUT2D eigenvalue weighted by Crippen LogP contribution is 2.27. The molecule has 0 fully saturated rings. The van der Waals surface area contributed by atoms with Crippen molar-refractivity contribution >= 4 is 46.5 Å². The molecule has 1 amide bonds. The van der Waals surface area contributed by atoms with Gasteiger partial charge in [0.25, 0.3) is 11.6 Å². The number of hydrogen-bond donors (Lipinski definition) is 1. The van der Waals surface area contributed by atoms with Crippen molar-refractivity contribution < 1.29 is 19.2 Å². The Morgan fingerprint density at radius 1 is 1.17 bits per heavy atom. The lowest BCUT2D eigenvalue weighted by Gasteiger charge is -2.08. The van der Waals surface area contributed by atoms with E-state index in [-0.39, 0.29) is 27.0 Å². The third kappa shape index (κ3) is 4.43. The molecule has 2 aromatic rings. The number of anilines is 1. The van der Waals surface area contributed by atoms with Crippen LogP contribution < -0.4 is 5.32 Å². The Balaban J connectivity index is 2.02. The minimum atomic E-state index is -0.781. The van der Waals surface area contributed by atoms with E-state index in [1.54, 1.807) is 12.1 Å². The minimum Gasteiger partial charge on any atom is -0.452 e. The normalized spacial score (nSPS) is 10.1. The monoisotopic (exact) mass is 368 g/mol. The van der Waals surface area contributed by atoms with Crippen LogP contribution >= 0.6 is 23.2 Å². The van der Waals surface area contributed by atoms with E-state index in [0.29, 0.717) is 0 Å². The molecule has 0 aliphatic rings. The van der Waals surface area contributed by atoms with Crippen LogP contribution in [0.4, 0.5) is 11.4 Å². The van der Waals surface area contributed by atoms with Crippen LogP contribution in [0.25, 0.3) is 0 Å². The third-order valence-corrected chi connectivity index (χ3v) is 3.42. The van der Waals surface area contributed by atoms with Crippen molar-refractivity contribution in [3.63, 3.8) is 0 Å². The molecule has 2 rings (SSSR count). The van der Waals surface area contributed by atoms with Gasteiger partial charge in [-0.3, -0.25) is 14.9 Å². The van der Waals surface area contributed by atoms with Gasteiger partial charge in [-0.1, -0.05) is 35.3 Å². The number of nitro groups is 1. The fraction of sp³-hybridized carbons (Fsp3) is 0.0667. The molecule has 0 saturated carbocycles. The maximum Gasteiger partial charge on any atom is 0.340 e. The van der Waals surface area contributed by atoms with E-state index in [2.05, 4.69) is 5.32 Å². The van der Waals surface area contributed by atoms with E-state index in [1.807, 2.05) is 0 Å². The topological polar surface area (TPSA) is 98.5 Å². The second kappa shape index (κ2) is 7.76. The second-order valence-electron chi connectivity index (χ2n) is 4.52. The quantitative estimate of drug-likeness (QED) is 0.492. The summed E-state index contributed by atoms with van der Waals surface area (Å²) < 4.78 is 4.84. The first-order valence-electron chi connectivity index (χ1n) is 6.54. The fourth-order valence-electron chi connectivity index (χ4n) is 1.79. The highest BCUT2D eigenvalue weighted by molar-refractivity contribution is 6.33. The number of rotatable bonds is 5. The molecule has 0 spiro atoms. The average molecular weight is 369 g/mol. The fourth-order valence-corrected chi connectivity index (χ4v) is 2.17. The Kier molecular flexibility index (Phi) is 5.73. The van der Waals surface area contributed by atoms with E-state index in [9.17, 15) is 19.7 Å². The molecule has 124 valence electrons. The highest BCUT2D eigenvalue weighted by atomic mass is 35.5. The summed E-state index contributed by atoms with van der Waals surface area (Å²) >= 11 is 11.6. The van der Waals surface area contributed by atoms with E-state index in [0.717, 1.165) is 6.07 Å². The number of nitrogens with zero attached hydrogens (tertiary/aromatic N) is 1. The first-order valence-corrected chi connectivity index (χ1v) is 7.29. The van der Waals surface area contributed by atoms with Gasteiger partial charge in [0.05, 0.1) is 15.5 Å². The highest BCUT2D eigenvalue weighted by Gasteiger charge is 2.18. The second-order valence-corrected chi connectivity index (χ2v) is 5.37. The molecule has 0 aliphatic heterocycles. The standard InChI is InChI=1S/C15H10Cl2N2O5/c16-9-5-6-13(19(22)23)12(7-9)18-14(20)8-24-15(21)10-3-1-2-4-11(10)17/h1-7H,8H2,(H,18,20). The van der Waals surface area contributed by atoms with Crippen molar-refractivity contribution in [2.75, 3.05) is 11.9 Å². The van der Waals surface area contributed by atoms with Crippen molar-refractivity contribution in [2.24, 2.45) is 0 Å². The zero-order valence-electron chi connectivity index (χ0n) is 12.0. The molecule has 0 aromatic heterocycles. The lowest BCUT2D eigenvalue weighted by molar-refractivity contribution is -0.383. The molecular weight excluding hydrogens is 359 g/mol. The van der Waals surface area contributed by atoms with Gasteiger partial charge in [0.15, 0.2) is 6.61 Å². The van der Waals surface area contributed by atoms with Gasteiger partial charge in [0.2, 0.25) is 0 Å². The summed E-state index contributed by atoms with van der Waals surface area (Å²) in [7, 11) is 0. The number of halogens is 2. The number of carbonyl (C=O) groups is 2. The zero-order valence-corrected chi connectivity index (χ0v) is 13.5. The molecule has 0 heterocycles. The lowest BCUT2D eigenvalue weighted by atomic mass is 10.2. The van der Waals surface area contributed by atoms with Crippen LogP contribution in [0.3, 0.4) is 0 Å². The SMILES string of the molecule is O=C(COC(=O)c1ccccc1Cl)Nc1cc(Cl)ccc1[N+](=O)[O-]. The number of nitro benzene ring substituents is 1. The molecule has 24 heavy (non-hydrogen) atoms. The van der Waals surface area contributed by atoms with Gasteiger partial charge in [-0.05, 0) is 24.3 Å². The molecule has 0 atom stereocenters. The lowest BCUT2D eigenvalue weighted by Crippen LogP contribution is -2.21. The van der Waals surface area contributed by atoms with Crippen LogP contribution in [0.5, 0.6) is 0 Å². The maximum absolute atomic E-state index is 11.8. The predicted molar refractivity (Wildman–Crippen MR) is 88.5 cm³/mol. The molecular formula is C15H10Cl2N2O5. The Morgan fingerprint density at radius 3 is 2.54 bits per heavy atom. The summed E-state index contributed by atoms with van der Waals surface area (Å²) in [5.41, 5.74) is -0.308. The van der Waals surface area contributed by atoms with Gasteiger partial charge in [-0.2, -0.15) is 0 Å². The molecule has 0 unspecified atom stereocenters. The van der Waals surface area contributed by atoms with Crippen LogP contribution in [0, 0.1) is 10.1 Å². The van der Waals surface area contributed by atoms with Gasteiger partial charge in [0, 0.05) is 11.1 Å². The van der Waals surface area contributed by atoms with Crippen LogP contribution in [0.1, 0.15) is 10.4 Å². The minimum absolute atomic E-state index is 0.0914. The van der Waals surface area contributed by atoms with Crippen LogP contribution in [0.2, 0.25) is 10.0 Å². The van der Waals surface area contributed by atoms with Crippen LogP contribution in [-0.2, 0) is 9.53 Å². The van der Waals surface area contributed by atoms with Gasteiger partial charge in [-0.15, -0.1) is 0 Å².